The Bertz CT molecular complexity index is 1550. The Hall–Kier alpha value is -3.51. The third kappa shape index (κ3) is 6.70. The minimum atomic E-state index is -4.72. The number of carbonyl (C=O) groups excluding carboxylic acids is 1. The molecule has 2 aliphatic carbocycles. The number of nitrogen functional groups attached to an aromatic ring is 1. The number of fused-ring (bicyclic) bond motifs is 1. The van der Waals surface area contributed by atoms with Gasteiger partial charge in [-0.2, -0.15) is 0 Å². The van der Waals surface area contributed by atoms with Gasteiger partial charge in [-0.15, -0.1) is 13.2 Å². The summed E-state index contributed by atoms with van der Waals surface area (Å²) in [5, 5.41) is 4.49. The predicted molar refractivity (Wildman–Crippen MR) is 158 cm³/mol. The number of nitrogens with zero attached hydrogens (tertiary/aromatic N) is 3. The van der Waals surface area contributed by atoms with Gasteiger partial charge in [-0.25, -0.2) is 4.98 Å². The van der Waals surface area contributed by atoms with E-state index in [2.05, 4.69) is 10.1 Å². The normalized spacial score (nSPS) is 17.7. The highest BCUT2D eigenvalue weighted by Gasteiger charge is 2.44. The Morgan fingerprint density at radius 2 is 1.93 bits per heavy atom. The second-order valence-electron chi connectivity index (χ2n) is 11.6. The third-order valence-corrected chi connectivity index (χ3v) is 9.83. The third-order valence-electron chi connectivity index (χ3n) is 8.54. The molecule has 2 aromatic carbocycles. The monoisotopic (exact) mass is 613 g/mol. The first-order valence-corrected chi connectivity index (χ1v) is 15.5. The largest absolute Gasteiger partial charge is 0.573 e. The summed E-state index contributed by atoms with van der Waals surface area (Å²) in [5.74, 6) is -0.281. The molecule has 2 heterocycles. The maximum atomic E-state index is 13.9. The first kappa shape index (κ1) is 29.6. The Morgan fingerprint density at radius 1 is 1.16 bits per heavy atom. The van der Waals surface area contributed by atoms with Gasteiger partial charge in [-0.1, -0.05) is 36.4 Å². The zero-order valence-corrected chi connectivity index (χ0v) is 24.5. The van der Waals surface area contributed by atoms with Gasteiger partial charge >= 0.3 is 6.36 Å². The van der Waals surface area contributed by atoms with Crippen LogP contribution in [0.1, 0.15) is 55.3 Å². The number of benzene rings is 2. The van der Waals surface area contributed by atoms with Crippen molar-refractivity contribution in [1.29, 1.82) is 0 Å². The minimum absolute atomic E-state index is 0.0422. The van der Waals surface area contributed by atoms with Gasteiger partial charge in [0, 0.05) is 48.8 Å². The molecule has 6 rings (SSSR count). The van der Waals surface area contributed by atoms with Crippen molar-refractivity contribution in [2.24, 2.45) is 0 Å². The van der Waals surface area contributed by atoms with Gasteiger partial charge in [-0.3, -0.25) is 14.2 Å². The molecule has 0 atom stereocenters. The summed E-state index contributed by atoms with van der Waals surface area (Å²) in [4.78, 5) is 33.7. The van der Waals surface area contributed by atoms with E-state index in [0.717, 1.165) is 36.9 Å². The van der Waals surface area contributed by atoms with E-state index in [1.54, 1.807) is 45.5 Å². The number of amides is 1. The number of hydrogen-bond donors (Lipinski definition) is 2. The molecule has 228 valence electrons. The van der Waals surface area contributed by atoms with Crippen LogP contribution in [0.2, 0.25) is 0 Å². The van der Waals surface area contributed by atoms with E-state index >= 15 is 0 Å². The number of thioether (sulfide) groups is 1. The van der Waals surface area contributed by atoms with Crippen LogP contribution >= 0.6 is 11.8 Å². The van der Waals surface area contributed by atoms with Crippen LogP contribution in [-0.2, 0) is 23.2 Å². The topological polar surface area (TPSA) is 102 Å². The number of aromatic nitrogens is 2. The molecule has 2 saturated carbocycles. The molecule has 12 heteroatoms. The molecular weight excluding hydrogens is 579 g/mol. The lowest BCUT2D eigenvalue weighted by Gasteiger charge is -2.30. The van der Waals surface area contributed by atoms with E-state index in [1.807, 2.05) is 12.1 Å². The lowest BCUT2D eigenvalue weighted by Crippen LogP contribution is -2.42. The number of anilines is 1. The first-order valence-electron chi connectivity index (χ1n) is 14.6. The molecule has 1 aromatic heterocycles. The quantitative estimate of drug-likeness (QED) is 0.190. The maximum Gasteiger partial charge on any atom is 0.573 e. The van der Waals surface area contributed by atoms with Crippen molar-refractivity contribution in [3.8, 4) is 11.4 Å². The lowest BCUT2D eigenvalue weighted by molar-refractivity contribution is -0.274. The van der Waals surface area contributed by atoms with Gasteiger partial charge < -0.3 is 20.7 Å². The average Bonchev–Trinajstić information content (AvgIpc) is 3.73. The smallest absolute Gasteiger partial charge is 0.406 e. The fourth-order valence-electron chi connectivity index (χ4n) is 5.69. The fourth-order valence-corrected chi connectivity index (χ4v) is 7.01. The molecule has 0 saturated heterocycles. The molecule has 1 aliphatic heterocycles. The van der Waals surface area contributed by atoms with Crippen molar-refractivity contribution in [3.05, 3.63) is 75.7 Å². The summed E-state index contributed by atoms with van der Waals surface area (Å²) in [7, 11) is 0. The average molecular weight is 614 g/mol. The number of ether oxygens (including phenoxy) is 1. The maximum absolute atomic E-state index is 13.9. The second-order valence-corrected chi connectivity index (χ2v) is 12.8. The van der Waals surface area contributed by atoms with E-state index in [9.17, 15) is 22.8 Å². The van der Waals surface area contributed by atoms with Gasteiger partial charge in [0.15, 0.2) is 5.16 Å². The van der Waals surface area contributed by atoms with Gasteiger partial charge in [-0.05, 0) is 61.6 Å². The van der Waals surface area contributed by atoms with Crippen LogP contribution < -0.4 is 21.3 Å². The van der Waals surface area contributed by atoms with Gasteiger partial charge in [0.2, 0.25) is 5.91 Å². The van der Waals surface area contributed by atoms with Crippen molar-refractivity contribution >= 4 is 23.4 Å². The molecule has 0 spiro atoms. The highest BCUT2D eigenvalue weighted by Crippen LogP contribution is 2.48. The molecule has 3 aromatic rings. The first-order chi connectivity index (χ1) is 20.6. The highest BCUT2D eigenvalue weighted by atomic mass is 32.2. The number of alkyl halides is 3. The SMILES string of the molecule is Nc1cccc(-n2c(SC3CCC3)nc3c(c2=O)CN(C(=O)CCNCC2(c4ccc(OC(F)(F)F)cc4)CC2)CC3)c1. The molecular formula is C31H34F3N5O3S. The summed E-state index contributed by atoms with van der Waals surface area (Å²) < 4.78 is 43.0. The van der Waals surface area contributed by atoms with Crippen molar-refractivity contribution in [2.45, 2.75) is 73.7 Å². The van der Waals surface area contributed by atoms with Gasteiger partial charge in [0.25, 0.3) is 5.56 Å². The Morgan fingerprint density at radius 3 is 2.58 bits per heavy atom. The van der Waals surface area contributed by atoms with Crippen molar-refractivity contribution in [1.82, 2.24) is 19.8 Å². The fraction of sp³-hybridized carbons (Fsp3) is 0.452. The number of halogens is 3. The van der Waals surface area contributed by atoms with Gasteiger partial charge in [0.1, 0.15) is 5.75 Å². The second kappa shape index (κ2) is 11.9. The molecule has 43 heavy (non-hydrogen) atoms. The van der Waals surface area contributed by atoms with Crippen LogP contribution in [0.15, 0.2) is 58.5 Å². The van der Waals surface area contributed by atoms with E-state index in [0.29, 0.717) is 53.4 Å². The van der Waals surface area contributed by atoms with Crippen LogP contribution in [0.4, 0.5) is 18.9 Å². The summed E-state index contributed by atoms with van der Waals surface area (Å²) in [6.45, 7) is 1.80. The predicted octanol–water partition coefficient (Wildman–Crippen LogP) is 4.95. The number of carbonyl (C=O) groups is 1. The van der Waals surface area contributed by atoms with Crippen LogP contribution in [0.3, 0.4) is 0 Å². The Kier molecular flexibility index (Phi) is 8.16. The summed E-state index contributed by atoms with van der Waals surface area (Å²) in [6.07, 6.45) is 1.32. The molecule has 0 bridgehead atoms. The Balaban J connectivity index is 1.08. The molecule has 8 nitrogen and oxygen atoms in total. The van der Waals surface area contributed by atoms with E-state index in [4.69, 9.17) is 10.7 Å². The van der Waals surface area contributed by atoms with Gasteiger partial charge in [0.05, 0.1) is 23.5 Å². The molecule has 1 amide bonds. The summed E-state index contributed by atoms with van der Waals surface area (Å²) in [5.41, 5.74) is 9.23. The zero-order chi connectivity index (χ0) is 30.2. The molecule has 2 fully saturated rings. The van der Waals surface area contributed by atoms with Crippen LogP contribution in [0.25, 0.3) is 5.69 Å². The van der Waals surface area contributed by atoms with E-state index < -0.39 is 6.36 Å². The van der Waals surface area contributed by atoms with Crippen LogP contribution in [0, 0.1) is 0 Å². The van der Waals surface area contributed by atoms with E-state index in [1.165, 1.54) is 18.6 Å². The van der Waals surface area contributed by atoms with Crippen molar-refractivity contribution < 1.29 is 22.7 Å². The molecule has 3 N–H and O–H groups in total. The lowest BCUT2D eigenvalue weighted by atomic mass is 9.96. The standard InChI is InChI=1S/C31H34F3N5O3S/c32-31(33,34)42-23-9-7-20(8-10-23)30(13-14-30)19-36-15-11-27(40)38-16-12-26-25(18-38)28(41)39(22-4-1-3-21(35)17-22)29(37-26)43-24-5-2-6-24/h1,3-4,7-10,17,24,36H,2,5-6,11-16,18-19,35H2. The summed E-state index contributed by atoms with van der Waals surface area (Å²) >= 11 is 1.64. The van der Waals surface area contributed by atoms with Crippen molar-refractivity contribution in [3.63, 3.8) is 0 Å². The molecule has 3 aliphatic rings. The zero-order valence-electron chi connectivity index (χ0n) is 23.7. The molecule has 0 radical (unpaired) electrons. The van der Waals surface area contributed by atoms with E-state index in [-0.39, 0.29) is 35.6 Å². The highest BCUT2D eigenvalue weighted by molar-refractivity contribution is 7.99. The Labute approximate surface area is 251 Å². The van der Waals surface area contributed by atoms with Crippen LogP contribution in [-0.4, -0.2) is 51.6 Å². The number of hydrogen-bond acceptors (Lipinski definition) is 7. The number of nitrogens with two attached hydrogens (primary N) is 1. The molecule has 0 unspecified atom stereocenters. The minimum Gasteiger partial charge on any atom is -0.406 e. The summed E-state index contributed by atoms with van der Waals surface area (Å²) in [6, 6.07) is 13.2. The van der Waals surface area contributed by atoms with Crippen LogP contribution in [0.5, 0.6) is 5.75 Å². The number of nitrogens with one attached hydrogen (secondary N) is 1. The van der Waals surface area contributed by atoms with Crippen molar-refractivity contribution in [2.75, 3.05) is 25.4 Å². The number of rotatable bonds is 10.